The van der Waals surface area contributed by atoms with Crippen LogP contribution >= 0.6 is 0 Å². The molecule has 0 saturated heterocycles. The van der Waals surface area contributed by atoms with E-state index in [0.717, 1.165) is 0 Å². The molecular weight excluding hydrogens is 324 g/mol. The molecular formula is C15H14N8O2. The first-order valence-corrected chi connectivity index (χ1v) is 7.35. The van der Waals surface area contributed by atoms with Gasteiger partial charge in [0.05, 0.1) is 17.6 Å². The normalized spacial score (nSPS) is 11.6. The third kappa shape index (κ3) is 3.80. The molecule has 25 heavy (non-hydrogen) atoms. The highest BCUT2D eigenvalue weighted by Gasteiger charge is 2.18. The van der Waals surface area contributed by atoms with Gasteiger partial charge in [0.2, 0.25) is 5.91 Å². The summed E-state index contributed by atoms with van der Waals surface area (Å²) in [6.07, 6.45) is 5.62. The van der Waals surface area contributed by atoms with Crippen molar-refractivity contribution in [2.45, 2.75) is 13.0 Å². The summed E-state index contributed by atoms with van der Waals surface area (Å²) in [4.78, 5) is 32.4. The van der Waals surface area contributed by atoms with E-state index in [1.807, 2.05) is 0 Å². The lowest BCUT2D eigenvalue weighted by Crippen LogP contribution is -2.25. The molecule has 0 fully saturated rings. The Bertz CT molecular complexity index is 866. The number of amides is 2. The third-order valence-corrected chi connectivity index (χ3v) is 3.37. The molecule has 3 rings (SSSR count). The zero-order valence-corrected chi connectivity index (χ0v) is 13.2. The SMILES string of the molecule is C[C@@H](C(=O)Nc1ccccc1NC(=O)c1cnccn1)n1cnnn1. The summed E-state index contributed by atoms with van der Waals surface area (Å²) in [6, 6.07) is 6.23. The Hall–Kier alpha value is -3.69. The first kappa shape index (κ1) is 16.2. The van der Waals surface area contributed by atoms with E-state index in [1.165, 1.54) is 29.6 Å². The molecule has 2 N–H and O–H groups in total. The first-order chi connectivity index (χ1) is 12.1. The van der Waals surface area contributed by atoms with Crippen molar-refractivity contribution < 1.29 is 9.59 Å². The minimum Gasteiger partial charge on any atom is -0.322 e. The maximum Gasteiger partial charge on any atom is 0.275 e. The molecule has 0 bridgehead atoms. The van der Waals surface area contributed by atoms with Gasteiger partial charge in [0.25, 0.3) is 5.91 Å². The van der Waals surface area contributed by atoms with Crippen LogP contribution in [0.25, 0.3) is 0 Å². The molecule has 1 atom stereocenters. The number of hydrogen-bond acceptors (Lipinski definition) is 7. The van der Waals surface area contributed by atoms with E-state index in [2.05, 4.69) is 36.1 Å². The van der Waals surface area contributed by atoms with Gasteiger partial charge in [-0.3, -0.25) is 14.6 Å². The van der Waals surface area contributed by atoms with Crippen LogP contribution in [0.2, 0.25) is 0 Å². The summed E-state index contributed by atoms with van der Waals surface area (Å²) in [7, 11) is 0. The Morgan fingerprint density at radius 1 is 1.12 bits per heavy atom. The van der Waals surface area contributed by atoms with Crippen LogP contribution < -0.4 is 10.6 Å². The number of aromatic nitrogens is 6. The zero-order valence-electron chi connectivity index (χ0n) is 13.2. The van der Waals surface area contributed by atoms with Crippen molar-refractivity contribution in [1.29, 1.82) is 0 Å². The van der Waals surface area contributed by atoms with Gasteiger partial charge in [-0.05, 0) is 29.5 Å². The fourth-order valence-electron chi connectivity index (χ4n) is 2.01. The molecule has 0 radical (unpaired) electrons. The maximum atomic E-state index is 12.4. The number of nitrogens with zero attached hydrogens (tertiary/aromatic N) is 6. The van der Waals surface area contributed by atoms with Crippen LogP contribution in [0.3, 0.4) is 0 Å². The molecule has 0 spiro atoms. The van der Waals surface area contributed by atoms with Crippen LogP contribution in [0.1, 0.15) is 23.5 Å². The number of hydrogen-bond donors (Lipinski definition) is 2. The van der Waals surface area contributed by atoms with Crippen LogP contribution in [0.15, 0.2) is 49.2 Å². The van der Waals surface area contributed by atoms with Crippen molar-refractivity contribution in [2.24, 2.45) is 0 Å². The molecule has 0 aliphatic rings. The highest BCUT2D eigenvalue weighted by atomic mass is 16.2. The Morgan fingerprint density at radius 3 is 2.52 bits per heavy atom. The topological polar surface area (TPSA) is 128 Å². The Labute approximate surface area is 142 Å². The highest BCUT2D eigenvalue weighted by molar-refractivity contribution is 6.06. The smallest absolute Gasteiger partial charge is 0.275 e. The van der Waals surface area contributed by atoms with Crippen LogP contribution in [0.4, 0.5) is 11.4 Å². The molecule has 1 aromatic carbocycles. The number of rotatable bonds is 5. The maximum absolute atomic E-state index is 12.4. The van der Waals surface area contributed by atoms with Gasteiger partial charge in [-0.2, -0.15) is 0 Å². The number of carbonyl (C=O) groups is 2. The minimum absolute atomic E-state index is 0.172. The van der Waals surface area contributed by atoms with Crippen molar-refractivity contribution >= 4 is 23.2 Å². The van der Waals surface area contributed by atoms with Gasteiger partial charge in [-0.15, -0.1) is 5.10 Å². The van der Waals surface area contributed by atoms with Gasteiger partial charge in [-0.25, -0.2) is 9.67 Å². The average molecular weight is 338 g/mol. The monoisotopic (exact) mass is 338 g/mol. The van der Waals surface area contributed by atoms with E-state index < -0.39 is 11.9 Å². The largest absolute Gasteiger partial charge is 0.322 e. The molecule has 0 saturated carbocycles. The van der Waals surface area contributed by atoms with Crippen molar-refractivity contribution in [3.8, 4) is 0 Å². The number of anilines is 2. The second kappa shape index (κ2) is 7.25. The number of para-hydroxylation sites is 2. The predicted octanol–water partition coefficient (Wildman–Crippen LogP) is 0.915. The van der Waals surface area contributed by atoms with E-state index in [-0.39, 0.29) is 11.6 Å². The molecule has 0 aliphatic carbocycles. The lowest BCUT2D eigenvalue weighted by atomic mass is 10.2. The van der Waals surface area contributed by atoms with Crippen LogP contribution in [0.5, 0.6) is 0 Å². The molecule has 2 heterocycles. The Kier molecular flexibility index (Phi) is 4.69. The standard InChI is InChI=1S/C15H14N8O2/c1-10(23-9-18-21-22-23)14(24)19-11-4-2-3-5-12(11)20-15(25)13-8-16-6-7-17-13/h2-10H,1H3,(H,19,24)(H,20,25)/t10-/m0/s1. The van der Waals surface area contributed by atoms with Gasteiger partial charge in [0.1, 0.15) is 18.1 Å². The van der Waals surface area contributed by atoms with Gasteiger partial charge in [-0.1, -0.05) is 12.1 Å². The molecule has 2 amide bonds. The number of benzene rings is 1. The number of nitrogens with one attached hydrogen (secondary N) is 2. The van der Waals surface area contributed by atoms with E-state index in [9.17, 15) is 9.59 Å². The second-order valence-electron chi connectivity index (χ2n) is 5.05. The third-order valence-electron chi connectivity index (χ3n) is 3.37. The number of carbonyl (C=O) groups excluding carboxylic acids is 2. The summed E-state index contributed by atoms with van der Waals surface area (Å²) in [5.74, 6) is -0.753. The van der Waals surface area contributed by atoms with Crippen molar-refractivity contribution in [2.75, 3.05) is 10.6 Å². The molecule has 0 unspecified atom stereocenters. The van der Waals surface area contributed by atoms with Gasteiger partial charge in [0, 0.05) is 12.4 Å². The molecule has 10 nitrogen and oxygen atoms in total. The van der Waals surface area contributed by atoms with Gasteiger partial charge >= 0.3 is 0 Å². The summed E-state index contributed by atoms with van der Waals surface area (Å²) in [6.45, 7) is 1.66. The summed E-state index contributed by atoms with van der Waals surface area (Å²) in [5.41, 5.74) is 1.06. The van der Waals surface area contributed by atoms with Crippen molar-refractivity contribution in [1.82, 2.24) is 30.2 Å². The van der Waals surface area contributed by atoms with Crippen LogP contribution in [-0.4, -0.2) is 42.0 Å². The van der Waals surface area contributed by atoms with Crippen LogP contribution in [0, 0.1) is 0 Å². The van der Waals surface area contributed by atoms with E-state index in [0.29, 0.717) is 11.4 Å². The minimum atomic E-state index is -0.612. The summed E-state index contributed by atoms with van der Waals surface area (Å²) < 4.78 is 1.33. The quantitative estimate of drug-likeness (QED) is 0.708. The lowest BCUT2D eigenvalue weighted by Gasteiger charge is -2.15. The molecule has 126 valence electrons. The Morgan fingerprint density at radius 2 is 1.88 bits per heavy atom. The molecule has 0 aliphatic heterocycles. The van der Waals surface area contributed by atoms with E-state index in [4.69, 9.17) is 0 Å². The first-order valence-electron chi connectivity index (χ1n) is 7.35. The fraction of sp³-hybridized carbons (Fsp3) is 0.133. The Balaban J connectivity index is 1.75. The van der Waals surface area contributed by atoms with E-state index in [1.54, 1.807) is 31.2 Å². The zero-order chi connectivity index (χ0) is 17.6. The van der Waals surface area contributed by atoms with E-state index >= 15 is 0 Å². The average Bonchev–Trinajstić information content (AvgIpc) is 3.18. The lowest BCUT2D eigenvalue weighted by molar-refractivity contribution is -0.119. The number of tetrazole rings is 1. The van der Waals surface area contributed by atoms with Gasteiger partial charge < -0.3 is 10.6 Å². The predicted molar refractivity (Wildman–Crippen MR) is 87.6 cm³/mol. The van der Waals surface area contributed by atoms with Crippen LogP contribution in [-0.2, 0) is 4.79 Å². The summed E-state index contributed by atoms with van der Waals surface area (Å²) in [5, 5.41) is 16.2. The summed E-state index contributed by atoms with van der Waals surface area (Å²) >= 11 is 0. The highest BCUT2D eigenvalue weighted by Crippen LogP contribution is 2.22. The molecule has 3 aromatic rings. The fourth-order valence-corrected chi connectivity index (χ4v) is 2.01. The molecule has 10 heteroatoms. The van der Waals surface area contributed by atoms with Crippen molar-refractivity contribution in [3.63, 3.8) is 0 Å². The van der Waals surface area contributed by atoms with Crippen molar-refractivity contribution in [3.05, 3.63) is 54.9 Å². The van der Waals surface area contributed by atoms with Gasteiger partial charge in [0.15, 0.2) is 0 Å². The molecule has 2 aromatic heterocycles. The second-order valence-corrected chi connectivity index (χ2v) is 5.05.